The van der Waals surface area contributed by atoms with Crippen LogP contribution < -0.4 is 4.74 Å². The Bertz CT molecular complexity index is 317. The SMILES string of the molecule is O=Cc1cnc(OC(F)F)cc1F. The van der Waals surface area contributed by atoms with Crippen molar-refractivity contribution in [3.63, 3.8) is 0 Å². The van der Waals surface area contributed by atoms with Crippen LogP contribution in [0.3, 0.4) is 0 Å². The van der Waals surface area contributed by atoms with Gasteiger partial charge < -0.3 is 4.74 Å². The van der Waals surface area contributed by atoms with Crippen molar-refractivity contribution in [1.29, 1.82) is 0 Å². The predicted molar refractivity (Wildman–Crippen MR) is 36.2 cm³/mol. The molecule has 13 heavy (non-hydrogen) atoms. The molecule has 0 saturated carbocycles. The van der Waals surface area contributed by atoms with Gasteiger partial charge in [-0.3, -0.25) is 4.79 Å². The standard InChI is InChI=1S/C7H4F3NO2/c8-5-1-6(13-7(9)10)11-2-4(5)3-12/h1-3,7H. The van der Waals surface area contributed by atoms with Crippen molar-refractivity contribution < 1.29 is 22.7 Å². The lowest BCUT2D eigenvalue weighted by Crippen LogP contribution is -2.04. The molecule has 0 aromatic carbocycles. The molecule has 70 valence electrons. The summed E-state index contributed by atoms with van der Waals surface area (Å²) in [6.45, 7) is -3.06. The molecule has 0 spiro atoms. The quantitative estimate of drug-likeness (QED) is 0.681. The van der Waals surface area contributed by atoms with Crippen molar-refractivity contribution in [2.45, 2.75) is 6.61 Å². The summed E-state index contributed by atoms with van der Waals surface area (Å²) in [4.78, 5) is 13.4. The van der Waals surface area contributed by atoms with Crippen molar-refractivity contribution in [3.8, 4) is 5.88 Å². The van der Waals surface area contributed by atoms with Crippen LogP contribution in [0.15, 0.2) is 12.3 Å². The molecule has 0 atom stereocenters. The normalized spacial score (nSPS) is 10.2. The topological polar surface area (TPSA) is 39.2 Å². The molecule has 0 radical (unpaired) electrons. The second-order valence-corrected chi connectivity index (χ2v) is 2.04. The van der Waals surface area contributed by atoms with Gasteiger partial charge in [0.1, 0.15) is 5.82 Å². The molecule has 6 heteroatoms. The van der Waals surface area contributed by atoms with Crippen molar-refractivity contribution in [3.05, 3.63) is 23.6 Å². The van der Waals surface area contributed by atoms with E-state index in [0.717, 1.165) is 6.20 Å². The molecule has 0 fully saturated rings. The van der Waals surface area contributed by atoms with E-state index in [0.29, 0.717) is 6.07 Å². The first kappa shape index (κ1) is 9.50. The summed E-state index contributed by atoms with van der Waals surface area (Å²) in [5.41, 5.74) is -0.304. The van der Waals surface area contributed by atoms with Crippen LogP contribution in [0.25, 0.3) is 0 Å². The highest BCUT2D eigenvalue weighted by Gasteiger charge is 2.08. The van der Waals surface area contributed by atoms with Gasteiger partial charge in [0.25, 0.3) is 0 Å². The summed E-state index contributed by atoms with van der Waals surface area (Å²) in [5.74, 6) is -1.50. The molecular formula is C7H4F3NO2. The van der Waals surface area contributed by atoms with Crippen molar-refractivity contribution in [1.82, 2.24) is 4.98 Å². The molecule has 0 amide bonds. The Labute approximate surface area is 71.2 Å². The fourth-order valence-corrected chi connectivity index (χ4v) is 0.666. The van der Waals surface area contributed by atoms with E-state index >= 15 is 0 Å². The van der Waals surface area contributed by atoms with Crippen LogP contribution in [0.5, 0.6) is 5.88 Å². The number of alkyl halides is 2. The summed E-state index contributed by atoms with van der Waals surface area (Å²) in [5, 5.41) is 0. The van der Waals surface area contributed by atoms with Gasteiger partial charge in [-0.1, -0.05) is 0 Å². The second-order valence-electron chi connectivity index (χ2n) is 2.04. The molecule has 0 bridgehead atoms. The summed E-state index contributed by atoms with van der Waals surface area (Å²) >= 11 is 0. The Morgan fingerprint density at radius 2 is 2.23 bits per heavy atom. The number of hydrogen-bond donors (Lipinski definition) is 0. The maximum Gasteiger partial charge on any atom is 0.388 e. The molecule has 1 aromatic heterocycles. The zero-order valence-corrected chi connectivity index (χ0v) is 6.21. The average molecular weight is 191 g/mol. The minimum Gasteiger partial charge on any atom is -0.417 e. The lowest BCUT2D eigenvalue weighted by Gasteiger charge is -2.02. The van der Waals surface area contributed by atoms with Crippen molar-refractivity contribution in [2.75, 3.05) is 0 Å². The van der Waals surface area contributed by atoms with E-state index in [1.165, 1.54) is 0 Å². The summed E-state index contributed by atoms with van der Waals surface area (Å²) in [6, 6.07) is 0.621. The molecule has 0 aliphatic rings. The van der Waals surface area contributed by atoms with Gasteiger partial charge in [0.05, 0.1) is 5.56 Å². The first-order valence-corrected chi connectivity index (χ1v) is 3.19. The van der Waals surface area contributed by atoms with Crippen molar-refractivity contribution in [2.24, 2.45) is 0 Å². The minimum atomic E-state index is -3.06. The Morgan fingerprint density at radius 1 is 1.54 bits per heavy atom. The highest BCUT2D eigenvalue weighted by molar-refractivity contribution is 5.74. The maximum atomic E-state index is 12.7. The number of ether oxygens (including phenoxy) is 1. The Balaban J connectivity index is 2.89. The highest BCUT2D eigenvalue weighted by atomic mass is 19.3. The average Bonchev–Trinajstić information content (AvgIpc) is 2.03. The van der Waals surface area contributed by atoms with Crippen LogP contribution in [-0.4, -0.2) is 17.9 Å². The summed E-state index contributed by atoms with van der Waals surface area (Å²) in [7, 11) is 0. The maximum absolute atomic E-state index is 12.7. The second kappa shape index (κ2) is 3.88. The zero-order chi connectivity index (χ0) is 9.84. The molecule has 0 unspecified atom stereocenters. The zero-order valence-electron chi connectivity index (χ0n) is 6.21. The Kier molecular flexibility index (Phi) is 2.84. The van der Waals surface area contributed by atoms with Crippen LogP contribution in [-0.2, 0) is 0 Å². The molecule has 3 nitrogen and oxygen atoms in total. The van der Waals surface area contributed by atoms with E-state index in [1.54, 1.807) is 0 Å². The number of nitrogens with zero attached hydrogens (tertiary/aromatic N) is 1. The first-order chi connectivity index (χ1) is 6.13. The smallest absolute Gasteiger partial charge is 0.388 e. The molecule has 0 N–H and O–H groups in total. The van der Waals surface area contributed by atoms with Crippen LogP contribution in [0.4, 0.5) is 13.2 Å². The number of pyridine rings is 1. The summed E-state index contributed by atoms with van der Waals surface area (Å²) in [6.07, 6.45) is 1.05. The third-order valence-electron chi connectivity index (χ3n) is 1.19. The molecule has 0 aliphatic heterocycles. The molecule has 0 aliphatic carbocycles. The Hall–Kier alpha value is -1.59. The monoisotopic (exact) mass is 191 g/mol. The van der Waals surface area contributed by atoms with Crippen LogP contribution in [0.1, 0.15) is 10.4 Å². The number of hydrogen-bond acceptors (Lipinski definition) is 3. The third-order valence-corrected chi connectivity index (χ3v) is 1.19. The fourth-order valence-electron chi connectivity index (χ4n) is 0.666. The largest absolute Gasteiger partial charge is 0.417 e. The van der Waals surface area contributed by atoms with Crippen LogP contribution >= 0.6 is 0 Å². The van der Waals surface area contributed by atoms with Gasteiger partial charge in [0.15, 0.2) is 6.29 Å². The predicted octanol–water partition coefficient (Wildman–Crippen LogP) is 1.63. The summed E-state index contributed by atoms with van der Waals surface area (Å²) < 4.78 is 39.7. The van der Waals surface area contributed by atoms with E-state index in [2.05, 4.69) is 9.72 Å². The van der Waals surface area contributed by atoms with Crippen LogP contribution in [0, 0.1) is 5.82 Å². The number of rotatable bonds is 3. The number of aldehydes is 1. The Morgan fingerprint density at radius 3 is 2.69 bits per heavy atom. The number of halogens is 3. The third kappa shape index (κ3) is 2.43. The highest BCUT2D eigenvalue weighted by Crippen LogP contribution is 2.13. The van der Waals surface area contributed by atoms with Gasteiger partial charge in [-0.15, -0.1) is 0 Å². The molecule has 1 rings (SSSR count). The van der Waals surface area contributed by atoms with Gasteiger partial charge in [0.2, 0.25) is 5.88 Å². The van der Waals surface area contributed by atoms with E-state index < -0.39 is 18.3 Å². The van der Waals surface area contributed by atoms with E-state index in [-0.39, 0.29) is 11.8 Å². The number of carbonyl (C=O) groups is 1. The van der Waals surface area contributed by atoms with Gasteiger partial charge in [0, 0.05) is 12.3 Å². The number of aromatic nitrogens is 1. The van der Waals surface area contributed by atoms with Gasteiger partial charge >= 0.3 is 6.61 Å². The van der Waals surface area contributed by atoms with E-state index in [1.807, 2.05) is 0 Å². The lowest BCUT2D eigenvalue weighted by atomic mass is 10.3. The lowest BCUT2D eigenvalue weighted by molar-refractivity contribution is -0.0530. The van der Waals surface area contributed by atoms with E-state index in [4.69, 9.17) is 0 Å². The van der Waals surface area contributed by atoms with Crippen LogP contribution in [0.2, 0.25) is 0 Å². The van der Waals surface area contributed by atoms with Gasteiger partial charge in [-0.05, 0) is 0 Å². The van der Waals surface area contributed by atoms with E-state index in [9.17, 15) is 18.0 Å². The first-order valence-electron chi connectivity index (χ1n) is 3.19. The molecule has 1 aromatic rings. The van der Waals surface area contributed by atoms with Crippen molar-refractivity contribution >= 4 is 6.29 Å². The minimum absolute atomic E-state index is 0.231. The molecule has 1 heterocycles. The molecule has 0 saturated heterocycles. The number of carbonyl (C=O) groups excluding carboxylic acids is 1. The fraction of sp³-hybridized carbons (Fsp3) is 0.143. The van der Waals surface area contributed by atoms with Gasteiger partial charge in [-0.25, -0.2) is 9.37 Å². The van der Waals surface area contributed by atoms with Gasteiger partial charge in [-0.2, -0.15) is 8.78 Å². The molecular weight excluding hydrogens is 187 g/mol.